The molecule has 7 nitrogen and oxygen atoms in total. The topological polar surface area (TPSA) is 102 Å². The summed E-state index contributed by atoms with van der Waals surface area (Å²) < 4.78 is 1.33. The summed E-state index contributed by atoms with van der Waals surface area (Å²) in [4.78, 5) is 27.5. The quantitative estimate of drug-likeness (QED) is 0.582. The summed E-state index contributed by atoms with van der Waals surface area (Å²) in [5, 5.41) is 0.485. The highest BCUT2D eigenvalue weighted by molar-refractivity contribution is 6.16. The minimum absolute atomic E-state index is 0.0765. The lowest BCUT2D eigenvalue weighted by atomic mass is 10.2. The van der Waals surface area contributed by atoms with E-state index in [2.05, 4.69) is 15.8 Å². The number of nitrogens with zero attached hydrogens (tertiary/aromatic N) is 2. The molecule has 0 aliphatic rings. The average Bonchev–Trinajstić information content (AvgIpc) is 2.47. The molecule has 0 saturated heterocycles. The number of halogens is 1. The zero-order chi connectivity index (χ0) is 15.4. The lowest BCUT2D eigenvalue weighted by Gasteiger charge is -2.10. The molecule has 0 fully saturated rings. The van der Waals surface area contributed by atoms with Gasteiger partial charge in [-0.3, -0.25) is 14.8 Å². The summed E-state index contributed by atoms with van der Waals surface area (Å²) >= 11 is 5.85. The molecule has 21 heavy (non-hydrogen) atoms. The van der Waals surface area contributed by atoms with Gasteiger partial charge in [-0.1, -0.05) is 12.1 Å². The lowest BCUT2D eigenvalue weighted by Crippen LogP contribution is -2.40. The Morgan fingerprint density at radius 1 is 1.43 bits per heavy atom. The second-order valence-electron chi connectivity index (χ2n) is 4.28. The molecule has 0 atom stereocenters. The molecule has 8 heteroatoms. The number of hydrogen-bond acceptors (Lipinski definition) is 4. The minimum atomic E-state index is -0.732. The van der Waals surface area contributed by atoms with Crippen LogP contribution in [0.15, 0.2) is 34.8 Å². The van der Waals surface area contributed by atoms with Crippen LogP contribution in [0.3, 0.4) is 0 Å². The maximum atomic E-state index is 12.5. The molecule has 1 aromatic carbocycles. The monoisotopic (exact) mass is 307 g/mol. The number of benzene rings is 1. The number of allylic oxidation sites excluding steroid dienone is 1. The highest BCUT2D eigenvalue weighted by atomic mass is 35.5. The van der Waals surface area contributed by atoms with Crippen molar-refractivity contribution in [1.29, 1.82) is 0 Å². The van der Waals surface area contributed by atoms with E-state index in [9.17, 15) is 9.59 Å². The number of nitrogens with two attached hydrogens (primary N) is 1. The predicted molar refractivity (Wildman–Crippen MR) is 81.4 cm³/mol. The number of hydrogen-bond donors (Lipinski definition) is 3. The van der Waals surface area contributed by atoms with Crippen molar-refractivity contribution >= 4 is 34.7 Å². The van der Waals surface area contributed by atoms with Crippen molar-refractivity contribution in [1.82, 2.24) is 20.4 Å². The second-order valence-corrected chi connectivity index (χ2v) is 4.55. The average molecular weight is 308 g/mol. The maximum Gasteiger partial charge on any atom is 0.330 e. The summed E-state index contributed by atoms with van der Waals surface area (Å²) in [5.41, 5.74) is 10.6. The number of carbonyl (C=O) groups is 1. The Balaban J connectivity index is 2.52. The first kappa shape index (κ1) is 14.9. The van der Waals surface area contributed by atoms with Crippen LogP contribution in [-0.4, -0.2) is 15.6 Å². The van der Waals surface area contributed by atoms with E-state index in [1.54, 1.807) is 31.2 Å². The van der Waals surface area contributed by atoms with E-state index in [4.69, 9.17) is 17.3 Å². The number of nitrogens with one attached hydrogen (secondary N) is 2. The van der Waals surface area contributed by atoms with E-state index >= 15 is 0 Å². The van der Waals surface area contributed by atoms with Gasteiger partial charge in [0, 0.05) is 11.9 Å². The molecule has 0 aliphatic heterocycles. The smallest absolute Gasteiger partial charge is 0.330 e. The number of urea groups is 1. The normalized spacial score (nSPS) is 11.4. The molecule has 0 bridgehead atoms. The van der Waals surface area contributed by atoms with Gasteiger partial charge in [-0.2, -0.15) is 0 Å². The van der Waals surface area contributed by atoms with E-state index in [0.717, 1.165) is 0 Å². The molecule has 0 spiro atoms. The van der Waals surface area contributed by atoms with Crippen molar-refractivity contribution in [2.75, 3.05) is 0 Å². The second kappa shape index (κ2) is 6.27. The molecule has 2 aromatic rings. The van der Waals surface area contributed by atoms with E-state index in [1.807, 2.05) is 0 Å². The first-order valence-corrected chi connectivity index (χ1v) is 6.62. The number of hydrazine groups is 1. The van der Waals surface area contributed by atoms with Crippen molar-refractivity contribution < 1.29 is 4.79 Å². The van der Waals surface area contributed by atoms with Crippen molar-refractivity contribution in [3.8, 4) is 0 Å². The fourth-order valence-electron chi connectivity index (χ4n) is 1.81. The molecular weight excluding hydrogens is 294 g/mol. The minimum Gasteiger partial charge on any atom is -0.350 e. The fraction of sp³-hybridized carbons (Fsp3) is 0.154. The summed E-state index contributed by atoms with van der Waals surface area (Å²) in [6.07, 6.45) is 1.50. The predicted octanol–water partition coefficient (Wildman–Crippen LogP) is 1.13. The van der Waals surface area contributed by atoms with Gasteiger partial charge in [-0.25, -0.2) is 9.78 Å². The van der Waals surface area contributed by atoms with Crippen LogP contribution in [0.25, 0.3) is 17.1 Å². The van der Waals surface area contributed by atoms with Gasteiger partial charge >= 0.3 is 6.03 Å². The third kappa shape index (κ3) is 3.32. The summed E-state index contributed by atoms with van der Waals surface area (Å²) in [5.74, 6) is 0.480. The van der Waals surface area contributed by atoms with Crippen LogP contribution in [0.2, 0.25) is 0 Å². The number of primary amides is 1. The Hall–Kier alpha value is -2.54. The fourth-order valence-corrected chi connectivity index (χ4v) is 1.99. The Bertz CT molecular complexity index is 769. The van der Waals surface area contributed by atoms with Crippen LogP contribution in [0.4, 0.5) is 4.79 Å². The van der Waals surface area contributed by atoms with Crippen molar-refractivity contribution in [2.24, 2.45) is 5.73 Å². The lowest BCUT2D eigenvalue weighted by molar-refractivity contribution is 0.246. The van der Waals surface area contributed by atoms with Gasteiger partial charge in [0.25, 0.3) is 5.56 Å². The summed E-state index contributed by atoms with van der Waals surface area (Å²) in [6.45, 7) is 1.66. The SMILES string of the molecule is CC(=Cn1c(CCl)nc2ccccc2c1=O)NNC(N)=O. The van der Waals surface area contributed by atoms with Crippen molar-refractivity contribution in [3.63, 3.8) is 0 Å². The van der Waals surface area contributed by atoms with E-state index < -0.39 is 6.03 Å². The highest BCUT2D eigenvalue weighted by Gasteiger charge is 2.08. The van der Waals surface area contributed by atoms with Gasteiger partial charge in [0.1, 0.15) is 5.82 Å². The molecule has 2 amide bonds. The number of para-hydroxylation sites is 1. The van der Waals surface area contributed by atoms with Crippen LogP contribution in [0.1, 0.15) is 12.7 Å². The third-order valence-corrected chi connectivity index (χ3v) is 2.95. The van der Waals surface area contributed by atoms with Gasteiger partial charge in [-0.05, 0) is 19.1 Å². The molecule has 4 N–H and O–H groups in total. The number of aromatic nitrogens is 2. The Morgan fingerprint density at radius 3 is 2.81 bits per heavy atom. The van der Waals surface area contributed by atoms with E-state index in [1.165, 1.54) is 10.8 Å². The Morgan fingerprint density at radius 2 is 2.14 bits per heavy atom. The van der Waals surface area contributed by atoms with Crippen LogP contribution < -0.4 is 22.1 Å². The van der Waals surface area contributed by atoms with Crippen LogP contribution in [0, 0.1) is 0 Å². The molecule has 1 aromatic heterocycles. The highest BCUT2D eigenvalue weighted by Crippen LogP contribution is 2.10. The molecule has 0 aliphatic carbocycles. The molecule has 110 valence electrons. The Labute approximate surface area is 125 Å². The van der Waals surface area contributed by atoms with Crippen molar-refractivity contribution in [2.45, 2.75) is 12.8 Å². The first-order valence-electron chi connectivity index (χ1n) is 6.09. The van der Waals surface area contributed by atoms with Gasteiger partial charge in [0.05, 0.1) is 16.8 Å². The molecule has 0 radical (unpaired) electrons. The number of fused-ring (bicyclic) bond motifs is 1. The van der Waals surface area contributed by atoms with Gasteiger partial charge in [0.2, 0.25) is 0 Å². The van der Waals surface area contributed by atoms with Gasteiger partial charge in [0.15, 0.2) is 0 Å². The van der Waals surface area contributed by atoms with Crippen LogP contribution in [-0.2, 0) is 5.88 Å². The summed E-state index contributed by atoms with van der Waals surface area (Å²) in [6, 6.07) is 6.28. The Kier molecular flexibility index (Phi) is 4.44. The van der Waals surface area contributed by atoms with E-state index in [-0.39, 0.29) is 11.4 Å². The number of amides is 2. The number of carbonyl (C=O) groups excluding carboxylic acids is 1. The van der Waals surface area contributed by atoms with Gasteiger partial charge in [-0.15, -0.1) is 11.6 Å². The molecule has 2 rings (SSSR count). The van der Waals surface area contributed by atoms with Crippen molar-refractivity contribution in [3.05, 3.63) is 46.1 Å². The first-order chi connectivity index (χ1) is 10.0. The third-order valence-electron chi connectivity index (χ3n) is 2.71. The molecule has 0 unspecified atom stereocenters. The van der Waals surface area contributed by atoms with Crippen LogP contribution in [0.5, 0.6) is 0 Å². The largest absolute Gasteiger partial charge is 0.350 e. The number of alkyl halides is 1. The maximum absolute atomic E-state index is 12.5. The molecular formula is C13H14ClN5O2. The molecule has 0 saturated carbocycles. The molecule has 1 heterocycles. The summed E-state index contributed by atoms with van der Waals surface area (Å²) in [7, 11) is 0. The standard InChI is InChI=1S/C13H14ClN5O2/c1-8(17-18-13(15)21)7-19-11(6-14)16-10-5-3-2-4-9(10)12(19)20/h2-5,7,17H,6H2,1H3,(H3,15,18,21). The zero-order valence-corrected chi connectivity index (χ0v) is 12.0. The van der Waals surface area contributed by atoms with E-state index in [0.29, 0.717) is 22.4 Å². The van der Waals surface area contributed by atoms with Gasteiger partial charge < -0.3 is 11.2 Å². The zero-order valence-electron chi connectivity index (χ0n) is 11.3. The van der Waals surface area contributed by atoms with Crippen LogP contribution >= 0.6 is 11.6 Å². The number of rotatable bonds is 4.